The van der Waals surface area contributed by atoms with Crippen LogP contribution in [0.5, 0.6) is 5.88 Å². The predicted molar refractivity (Wildman–Crippen MR) is 134 cm³/mol. The first kappa shape index (κ1) is 24.7. The van der Waals surface area contributed by atoms with E-state index in [1.165, 1.54) is 7.11 Å². The maximum Gasteiger partial charge on any atom is 0.305 e. The molecule has 0 bridgehead atoms. The number of aryl methyl sites for hydroxylation is 1. The average Bonchev–Trinajstić information content (AvgIpc) is 3.31. The van der Waals surface area contributed by atoms with Crippen molar-refractivity contribution in [1.29, 1.82) is 0 Å². The van der Waals surface area contributed by atoms with Gasteiger partial charge >= 0.3 is 5.97 Å². The van der Waals surface area contributed by atoms with E-state index in [4.69, 9.17) is 18.7 Å². The van der Waals surface area contributed by atoms with E-state index < -0.39 is 0 Å². The summed E-state index contributed by atoms with van der Waals surface area (Å²) in [7, 11) is 1.37. The molecule has 2 heterocycles. The third kappa shape index (κ3) is 6.79. The molecule has 4 rings (SSSR count). The van der Waals surface area contributed by atoms with E-state index in [2.05, 4.69) is 15.1 Å². The number of carbonyl (C=O) groups excluding carboxylic acids is 1. The third-order valence-corrected chi connectivity index (χ3v) is 5.37. The lowest BCUT2D eigenvalue weighted by atomic mass is 10.1. The molecule has 2 aromatic heterocycles. The first-order valence-electron chi connectivity index (χ1n) is 11.5. The number of hydrogen-bond acceptors (Lipinski definition) is 8. The van der Waals surface area contributed by atoms with Gasteiger partial charge in [0.25, 0.3) is 0 Å². The van der Waals surface area contributed by atoms with Crippen LogP contribution in [0.1, 0.15) is 35.4 Å². The van der Waals surface area contributed by atoms with Crippen LogP contribution in [0.3, 0.4) is 0 Å². The lowest BCUT2D eigenvalue weighted by Gasteiger charge is -2.07. The van der Waals surface area contributed by atoms with Crippen molar-refractivity contribution in [2.45, 2.75) is 33.0 Å². The molecule has 8 nitrogen and oxygen atoms in total. The summed E-state index contributed by atoms with van der Waals surface area (Å²) in [6.07, 6.45) is 2.31. The molecule has 0 N–H and O–H groups in total. The summed E-state index contributed by atoms with van der Waals surface area (Å²) in [6.45, 7) is 2.34. The Balaban J connectivity index is 1.32. The van der Waals surface area contributed by atoms with Gasteiger partial charge in [-0.1, -0.05) is 53.7 Å². The van der Waals surface area contributed by atoms with Crippen LogP contribution < -0.4 is 4.74 Å². The molecule has 0 saturated carbocycles. The van der Waals surface area contributed by atoms with E-state index in [1.54, 1.807) is 12.3 Å². The predicted octanol–water partition coefficient (Wildman–Crippen LogP) is 5.50. The molecular weight excluding hydrogens is 458 g/mol. The summed E-state index contributed by atoms with van der Waals surface area (Å²) < 4.78 is 16.3. The highest BCUT2D eigenvalue weighted by molar-refractivity contribution is 6.01. The molecule has 0 atom stereocenters. The Bertz CT molecular complexity index is 1290. The fourth-order valence-electron chi connectivity index (χ4n) is 3.37. The number of esters is 1. The molecule has 2 aromatic carbocycles. The number of oxazole rings is 1. The Labute approximate surface area is 209 Å². The van der Waals surface area contributed by atoms with Gasteiger partial charge in [0.05, 0.1) is 19.2 Å². The SMILES string of the molecule is COC(=O)CC/C(=N\OCc1ccc(OCc2nc(-c3ccccc3)oc2C)nc1)c1ccccc1. The normalized spacial score (nSPS) is 11.2. The maximum atomic E-state index is 11.6. The van der Waals surface area contributed by atoms with Crippen LogP contribution >= 0.6 is 0 Å². The molecule has 8 heteroatoms. The molecule has 0 fully saturated rings. The number of methoxy groups -OCH3 is 1. The minimum Gasteiger partial charge on any atom is -0.471 e. The number of benzene rings is 2. The Morgan fingerprint density at radius 2 is 1.69 bits per heavy atom. The average molecular weight is 486 g/mol. The van der Waals surface area contributed by atoms with E-state index in [-0.39, 0.29) is 25.6 Å². The largest absolute Gasteiger partial charge is 0.471 e. The van der Waals surface area contributed by atoms with Crippen molar-refractivity contribution in [2.75, 3.05) is 7.11 Å². The van der Waals surface area contributed by atoms with Crippen molar-refractivity contribution in [1.82, 2.24) is 9.97 Å². The lowest BCUT2D eigenvalue weighted by molar-refractivity contribution is -0.140. The van der Waals surface area contributed by atoms with Crippen LogP contribution in [0.25, 0.3) is 11.5 Å². The van der Waals surface area contributed by atoms with Crippen molar-refractivity contribution < 1.29 is 23.5 Å². The number of oxime groups is 1. The van der Waals surface area contributed by atoms with Gasteiger partial charge in [-0.3, -0.25) is 4.79 Å². The van der Waals surface area contributed by atoms with Gasteiger partial charge in [0.2, 0.25) is 11.8 Å². The zero-order valence-electron chi connectivity index (χ0n) is 20.2. The first-order chi connectivity index (χ1) is 17.6. The number of aromatic nitrogens is 2. The third-order valence-electron chi connectivity index (χ3n) is 5.37. The summed E-state index contributed by atoms with van der Waals surface area (Å²) in [5.74, 6) is 1.44. The summed E-state index contributed by atoms with van der Waals surface area (Å²) in [4.78, 5) is 26.0. The topological polar surface area (TPSA) is 96.0 Å². The molecule has 0 aliphatic carbocycles. The Hall–Kier alpha value is -4.46. The molecule has 0 unspecified atom stereocenters. The number of ether oxygens (including phenoxy) is 2. The van der Waals surface area contributed by atoms with Crippen molar-refractivity contribution in [3.63, 3.8) is 0 Å². The van der Waals surface area contributed by atoms with E-state index in [9.17, 15) is 4.79 Å². The van der Waals surface area contributed by atoms with Gasteiger partial charge in [-0.15, -0.1) is 0 Å². The summed E-state index contributed by atoms with van der Waals surface area (Å²) in [5, 5.41) is 4.26. The highest BCUT2D eigenvalue weighted by atomic mass is 16.6. The van der Waals surface area contributed by atoms with Gasteiger partial charge in [0.15, 0.2) is 0 Å². The zero-order valence-corrected chi connectivity index (χ0v) is 20.2. The van der Waals surface area contributed by atoms with Crippen LogP contribution in [-0.2, 0) is 27.6 Å². The number of rotatable bonds is 11. The molecule has 0 radical (unpaired) electrons. The van der Waals surface area contributed by atoms with Crippen molar-refractivity contribution in [3.8, 4) is 17.3 Å². The van der Waals surface area contributed by atoms with Gasteiger partial charge in [-0.25, -0.2) is 9.97 Å². The molecule has 4 aromatic rings. The minimum atomic E-state index is -0.296. The van der Waals surface area contributed by atoms with Crippen LogP contribution in [0.15, 0.2) is 88.6 Å². The van der Waals surface area contributed by atoms with Crippen LogP contribution in [0.4, 0.5) is 0 Å². The summed E-state index contributed by atoms with van der Waals surface area (Å²) in [6, 6.07) is 22.9. The molecule has 36 heavy (non-hydrogen) atoms. The van der Waals surface area contributed by atoms with Crippen LogP contribution in [0, 0.1) is 6.92 Å². The first-order valence-corrected chi connectivity index (χ1v) is 11.5. The molecule has 0 aliphatic heterocycles. The van der Waals surface area contributed by atoms with Crippen molar-refractivity contribution in [3.05, 3.63) is 102 Å². The van der Waals surface area contributed by atoms with E-state index in [0.29, 0.717) is 29.7 Å². The van der Waals surface area contributed by atoms with E-state index in [1.807, 2.05) is 73.7 Å². The Morgan fingerprint density at radius 1 is 0.944 bits per heavy atom. The summed E-state index contributed by atoms with van der Waals surface area (Å²) in [5.41, 5.74) is 4.03. The smallest absolute Gasteiger partial charge is 0.305 e. The second-order valence-corrected chi connectivity index (χ2v) is 7.93. The van der Waals surface area contributed by atoms with Crippen molar-refractivity contribution >= 4 is 11.7 Å². The molecular formula is C28H27N3O5. The zero-order chi connectivity index (χ0) is 25.2. The van der Waals surface area contributed by atoms with Gasteiger partial charge < -0.3 is 18.7 Å². The van der Waals surface area contributed by atoms with Gasteiger partial charge in [0, 0.05) is 29.8 Å². The van der Waals surface area contributed by atoms with Crippen LogP contribution in [0.2, 0.25) is 0 Å². The molecule has 0 spiro atoms. The standard InChI is InChI=1S/C28H27N3O5/c1-20-25(30-28(36-20)23-11-7-4-8-12-23)19-34-26-15-13-21(17-29-26)18-35-31-24(14-16-27(32)33-2)22-9-5-3-6-10-22/h3-13,15,17H,14,16,18-19H2,1-2H3/b31-24+. The summed E-state index contributed by atoms with van der Waals surface area (Å²) >= 11 is 0. The van der Waals surface area contributed by atoms with E-state index >= 15 is 0 Å². The fraction of sp³-hybridized carbons (Fsp3) is 0.214. The van der Waals surface area contributed by atoms with Crippen LogP contribution in [-0.4, -0.2) is 28.8 Å². The van der Waals surface area contributed by atoms with Gasteiger partial charge in [0.1, 0.15) is 24.7 Å². The van der Waals surface area contributed by atoms with Gasteiger partial charge in [-0.2, -0.15) is 0 Å². The fourth-order valence-corrected chi connectivity index (χ4v) is 3.37. The minimum absolute atomic E-state index is 0.221. The Kier molecular flexibility index (Phi) is 8.43. The molecule has 0 saturated heterocycles. The lowest BCUT2D eigenvalue weighted by Crippen LogP contribution is -2.08. The quantitative estimate of drug-likeness (QED) is 0.157. The monoisotopic (exact) mass is 485 g/mol. The maximum absolute atomic E-state index is 11.6. The second-order valence-electron chi connectivity index (χ2n) is 7.93. The van der Waals surface area contributed by atoms with Gasteiger partial charge in [-0.05, 0) is 30.7 Å². The highest BCUT2D eigenvalue weighted by Gasteiger charge is 2.12. The molecule has 184 valence electrons. The van der Waals surface area contributed by atoms with Crippen molar-refractivity contribution in [2.24, 2.45) is 5.16 Å². The second kappa shape index (κ2) is 12.3. The molecule has 0 amide bonds. The number of hydrogen-bond donors (Lipinski definition) is 0. The highest BCUT2D eigenvalue weighted by Crippen LogP contribution is 2.22. The molecule has 0 aliphatic rings. The number of carbonyl (C=O) groups is 1. The number of pyridine rings is 1. The van der Waals surface area contributed by atoms with E-state index in [0.717, 1.165) is 22.4 Å². The number of nitrogens with zero attached hydrogens (tertiary/aromatic N) is 3. The Morgan fingerprint density at radius 3 is 2.39 bits per heavy atom.